The fourth-order valence-corrected chi connectivity index (χ4v) is 4.91. The minimum Gasteiger partial charge on any atom is -0.336 e. The van der Waals surface area contributed by atoms with Crippen molar-refractivity contribution in [2.24, 2.45) is 0 Å². The van der Waals surface area contributed by atoms with E-state index in [1.165, 1.54) is 5.56 Å². The molecule has 3 N–H and O–H groups in total. The fraction of sp³-hybridized carbons (Fsp3) is 0.100. The Kier molecular flexibility index (Phi) is 5.86. The van der Waals surface area contributed by atoms with Crippen LogP contribution in [0.5, 0.6) is 0 Å². The van der Waals surface area contributed by atoms with Crippen LogP contribution in [0.4, 0.5) is 4.39 Å². The summed E-state index contributed by atoms with van der Waals surface area (Å²) in [5.74, 6) is 0.687. The van der Waals surface area contributed by atoms with E-state index in [0.29, 0.717) is 51.4 Å². The minimum absolute atomic E-state index is 0.358. The van der Waals surface area contributed by atoms with Crippen LogP contribution in [-0.4, -0.2) is 39.7 Å². The van der Waals surface area contributed by atoms with Crippen LogP contribution in [0, 0.1) is 12.7 Å². The molecule has 0 saturated heterocycles. The van der Waals surface area contributed by atoms with Crippen molar-refractivity contribution in [1.29, 1.82) is 0 Å². The summed E-state index contributed by atoms with van der Waals surface area (Å²) in [5, 5.41) is 11.2. The molecule has 0 spiro atoms. The van der Waals surface area contributed by atoms with Crippen molar-refractivity contribution in [3.05, 3.63) is 108 Å². The molecule has 0 atom stereocenters. The molecule has 7 rings (SSSR count). The summed E-state index contributed by atoms with van der Waals surface area (Å²) in [6.45, 7) is 3.26. The number of benzene rings is 2. The van der Waals surface area contributed by atoms with Gasteiger partial charge in [-0.3, -0.25) is 14.6 Å². The van der Waals surface area contributed by atoms with E-state index >= 15 is 4.39 Å². The highest BCUT2D eigenvalue weighted by Gasteiger charge is 2.21. The van der Waals surface area contributed by atoms with Crippen LogP contribution >= 0.6 is 0 Å². The number of hydrogen-bond acceptors (Lipinski definition) is 6. The lowest BCUT2D eigenvalue weighted by molar-refractivity contribution is 0.643. The number of nitrogens with zero attached hydrogens (tertiary/aromatic N) is 6. The molecule has 0 amide bonds. The largest absolute Gasteiger partial charge is 0.336 e. The Morgan fingerprint density at radius 3 is 2.67 bits per heavy atom. The smallest absolute Gasteiger partial charge is 0.166 e. The number of aryl methyl sites for hydroxylation is 1. The zero-order chi connectivity index (χ0) is 27.1. The van der Waals surface area contributed by atoms with Crippen molar-refractivity contribution in [1.82, 2.24) is 45.0 Å². The molecule has 5 heterocycles. The topological polar surface area (TPSA) is 113 Å². The molecule has 0 saturated carbocycles. The highest BCUT2D eigenvalue weighted by Crippen LogP contribution is 2.34. The van der Waals surface area contributed by atoms with Crippen LogP contribution in [0.15, 0.2) is 85.7 Å². The quantitative estimate of drug-likeness (QED) is 0.252. The fourth-order valence-electron chi connectivity index (χ4n) is 4.91. The van der Waals surface area contributed by atoms with Gasteiger partial charge in [-0.15, -0.1) is 0 Å². The second kappa shape index (κ2) is 9.83. The van der Waals surface area contributed by atoms with E-state index in [1.54, 1.807) is 31.0 Å². The SMILES string of the molecule is Cc1cn(-c2nccc3[nH]c(-c4n[nH]c5ccc(-c6cncc(CNCc7ccccc7)c6)c(F)c45)nc23)cn1. The lowest BCUT2D eigenvalue weighted by Gasteiger charge is -2.09. The molecule has 0 radical (unpaired) electrons. The normalized spacial score (nSPS) is 11.6. The second-order valence-electron chi connectivity index (χ2n) is 9.63. The number of H-pyrrole nitrogens is 2. The molecule has 10 heteroatoms. The third kappa shape index (κ3) is 4.30. The maximum atomic E-state index is 16.2. The van der Waals surface area contributed by atoms with E-state index in [1.807, 2.05) is 54.1 Å². The number of imidazole rings is 2. The molecule has 0 bridgehead atoms. The molecule has 40 heavy (non-hydrogen) atoms. The molecule has 7 aromatic rings. The summed E-state index contributed by atoms with van der Waals surface area (Å²) in [4.78, 5) is 21.2. The highest BCUT2D eigenvalue weighted by molar-refractivity contribution is 5.97. The van der Waals surface area contributed by atoms with Crippen LogP contribution in [0.2, 0.25) is 0 Å². The Hall–Kier alpha value is -5.22. The van der Waals surface area contributed by atoms with Gasteiger partial charge in [-0.05, 0) is 42.3 Å². The van der Waals surface area contributed by atoms with Crippen molar-refractivity contribution in [2.75, 3.05) is 0 Å². The van der Waals surface area contributed by atoms with Gasteiger partial charge in [-0.2, -0.15) is 5.10 Å². The van der Waals surface area contributed by atoms with Gasteiger partial charge < -0.3 is 10.3 Å². The van der Waals surface area contributed by atoms with Crippen molar-refractivity contribution in [3.63, 3.8) is 0 Å². The van der Waals surface area contributed by atoms with E-state index in [-0.39, 0.29) is 5.82 Å². The standard InChI is InChI=1S/C30H24FN9/c1-18-16-40(17-35-18)30-27-24(9-10-34-30)36-29(37-27)28-25-23(38-39-28)8-7-22(26(25)31)21-11-20(14-33-15-21)13-32-12-19-5-3-2-4-6-19/h2-11,14-17,32H,12-13H2,1H3,(H,36,37)(H,38,39). The van der Waals surface area contributed by atoms with E-state index in [9.17, 15) is 0 Å². The molecular formula is C30H24FN9. The van der Waals surface area contributed by atoms with Crippen LogP contribution < -0.4 is 5.32 Å². The molecule has 0 aliphatic carbocycles. The van der Waals surface area contributed by atoms with Crippen LogP contribution in [-0.2, 0) is 13.1 Å². The number of hydrogen-bond donors (Lipinski definition) is 3. The second-order valence-corrected chi connectivity index (χ2v) is 9.63. The number of fused-ring (bicyclic) bond motifs is 2. The Morgan fingerprint density at radius 2 is 1.82 bits per heavy atom. The monoisotopic (exact) mass is 529 g/mol. The summed E-state index contributed by atoms with van der Waals surface area (Å²) < 4.78 is 18.0. The van der Waals surface area contributed by atoms with Gasteiger partial charge in [0, 0.05) is 49.0 Å². The summed E-state index contributed by atoms with van der Waals surface area (Å²) in [6, 6.07) is 17.6. The zero-order valence-electron chi connectivity index (χ0n) is 21.6. The van der Waals surface area contributed by atoms with Gasteiger partial charge >= 0.3 is 0 Å². The minimum atomic E-state index is -0.388. The van der Waals surface area contributed by atoms with Crippen molar-refractivity contribution in [3.8, 4) is 28.5 Å². The maximum absolute atomic E-state index is 16.2. The molecule has 9 nitrogen and oxygen atoms in total. The summed E-state index contributed by atoms with van der Waals surface area (Å²) in [6.07, 6.45) is 8.75. The van der Waals surface area contributed by atoms with Crippen molar-refractivity contribution >= 4 is 21.9 Å². The Labute approximate surface area is 228 Å². The number of aromatic nitrogens is 8. The summed E-state index contributed by atoms with van der Waals surface area (Å²) >= 11 is 0. The first kappa shape index (κ1) is 23.9. The van der Waals surface area contributed by atoms with Crippen LogP contribution in [0.3, 0.4) is 0 Å². The van der Waals surface area contributed by atoms with E-state index in [4.69, 9.17) is 4.98 Å². The highest BCUT2D eigenvalue weighted by atomic mass is 19.1. The number of rotatable bonds is 7. The van der Waals surface area contributed by atoms with Gasteiger partial charge in [0.15, 0.2) is 11.6 Å². The Balaban J connectivity index is 1.23. The lowest BCUT2D eigenvalue weighted by Crippen LogP contribution is -2.12. The molecule has 0 unspecified atom stereocenters. The van der Waals surface area contributed by atoms with Crippen molar-refractivity contribution in [2.45, 2.75) is 20.0 Å². The zero-order valence-corrected chi connectivity index (χ0v) is 21.6. The molecule has 0 aliphatic heterocycles. The van der Waals surface area contributed by atoms with Gasteiger partial charge in [0.25, 0.3) is 0 Å². The molecule has 196 valence electrons. The third-order valence-electron chi connectivity index (χ3n) is 6.84. The van der Waals surface area contributed by atoms with Crippen LogP contribution in [0.25, 0.3) is 50.4 Å². The predicted molar refractivity (Wildman–Crippen MR) is 151 cm³/mol. The number of halogens is 1. The van der Waals surface area contributed by atoms with Gasteiger partial charge in [0.2, 0.25) is 0 Å². The molecule has 5 aromatic heterocycles. The van der Waals surface area contributed by atoms with Gasteiger partial charge in [0.05, 0.1) is 22.1 Å². The molecule has 2 aromatic carbocycles. The first-order valence-electron chi connectivity index (χ1n) is 12.9. The predicted octanol–water partition coefficient (Wildman–Crippen LogP) is 5.49. The number of pyridine rings is 2. The van der Waals surface area contributed by atoms with E-state index in [2.05, 4.69) is 47.6 Å². The first-order chi connectivity index (χ1) is 19.6. The van der Waals surface area contributed by atoms with Gasteiger partial charge in [0.1, 0.15) is 23.4 Å². The number of nitrogens with one attached hydrogen (secondary N) is 3. The Morgan fingerprint density at radius 1 is 0.950 bits per heavy atom. The summed E-state index contributed by atoms with van der Waals surface area (Å²) in [5.41, 5.74) is 6.55. The van der Waals surface area contributed by atoms with E-state index < -0.39 is 0 Å². The lowest BCUT2D eigenvalue weighted by atomic mass is 10.0. The summed E-state index contributed by atoms with van der Waals surface area (Å²) in [7, 11) is 0. The molecule has 0 fully saturated rings. The number of aromatic amines is 2. The van der Waals surface area contributed by atoms with Gasteiger partial charge in [-0.1, -0.05) is 30.3 Å². The molecule has 0 aliphatic rings. The van der Waals surface area contributed by atoms with Crippen LogP contribution in [0.1, 0.15) is 16.8 Å². The average molecular weight is 530 g/mol. The third-order valence-corrected chi connectivity index (χ3v) is 6.84. The van der Waals surface area contributed by atoms with Crippen molar-refractivity contribution < 1.29 is 4.39 Å². The van der Waals surface area contributed by atoms with Gasteiger partial charge in [-0.25, -0.2) is 19.3 Å². The van der Waals surface area contributed by atoms with E-state index in [0.717, 1.165) is 23.3 Å². The average Bonchev–Trinajstić information content (AvgIpc) is 3.72. The molecular weight excluding hydrogens is 505 g/mol. The first-order valence-corrected chi connectivity index (χ1v) is 12.9. The Bertz CT molecular complexity index is 1970. The maximum Gasteiger partial charge on any atom is 0.166 e.